The molecule has 1 aliphatic heterocycles. The summed E-state index contributed by atoms with van der Waals surface area (Å²) in [6.07, 6.45) is 2.01. The fourth-order valence-corrected chi connectivity index (χ4v) is 3.46. The Morgan fingerprint density at radius 2 is 1.97 bits per heavy atom. The number of benzene rings is 2. The van der Waals surface area contributed by atoms with Crippen LogP contribution in [0.5, 0.6) is 0 Å². The number of rotatable bonds is 6. The highest BCUT2D eigenvalue weighted by molar-refractivity contribution is 14.0. The molecule has 2 N–H and O–H groups in total. The van der Waals surface area contributed by atoms with Crippen LogP contribution in [0, 0.1) is 5.82 Å². The predicted octanol–water partition coefficient (Wildman–Crippen LogP) is 4.13. The number of halogens is 3. The molecule has 0 aromatic heterocycles. The lowest BCUT2D eigenvalue weighted by Gasteiger charge is -2.16. The van der Waals surface area contributed by atoms with Gasteiger partial charge in [0.15, 0.2) is 5.96 Å². The molecule has 156 valence electrons. The molecular formula is C21H25ClFIN4O. The van der Waals surface area contributed by atoms with Crippen molar-refractivity contribution in [1.29, 1.82) is 0 Å². The van der Waals surface area contributed by atoms with Crippen molar-refractivity contribution in [2.75, 3.05) is 25.0 Å². The van der Waals surface area contributed by atoms with Crippen LogP contribution in [0.15, 0.2) is 47.5 Å². The van der Waals surface area contributed by atoms with E-state index < -0.39 is 0 Å². The molecule has 8 heteroatoms. The fraction of sp³-hybridized carbons (Fsp3) is 0.333. The first-order valence-electron chi connectivity index (χ1n) is 9.35. The molecule has 2 aromatic carbocycles. The van der Waals surface area contributed by atoms with Crippen LogP contribution in [0.2, 0.25) is 5.02 Å². The average Bonchev–Trinajstić information content (AvgIpc) is 3.13. The van der Waals surface area contributed by atoms with E-state index in [-0.39, 0.29) is 35.7 Å². The first-order valence-corrected chi connectivity index (χ1v) is 9.73. The summed E-state index contributed by atoms with van der Waals surface area (Å²) in [6, 6.07) is 12.6. The smallest absolute Gasteiger partial charge is 0.227 e. The molecule has 3 rings (SSSR count). The number of anilines is 1. The number of carbonyl (C=O) groups excluding carboxylic acids is 1. The number of guanidine groups is 1. The van der Waals surface area contributed by atoms with Crippen molar-refractivity contribution < 1.29 is 9.18 Å². The largest absolute Gasteiger partial charge is 0.356 e. The zero-order valence-electron chi connectivity index (χ0n) is 16.3. The molecule has 0 aliphatic carbocycles. The standard InChI is InChI=1S/C21H24ClFN4O.HI/c1-24-21(25-12-11-17-18(22)4-2-5-19(17)23)26-14-15-7-9-16(10-8-15)27-13-3-6-20(27)28;/h2,4-5,7-10H,3,6,11-14H2,1H3,(H2,24,25,26);1H. The summed E-state index contributed by atoms with van der Waals surface area (Å²) in [7, 11) is 1.69. The van der Waals surface area contributed by atoms with E-state index in [1.165, 1.54) is 6.07 Å². The Morgan fingerprint density at radius 3 is 2.59 bits per heavy atom. The summed E-state index contributed by atoms with van der Waals surface area (Å²) >= 11 is 6.05. The zero-order chi connectivity index (χ0) is 19.9. The molecule has 29 heavy (non-hydrogen) atoms. The van der Waals surface area contributed by atoms with Crippen molar-refractivity contribution in [1.82, 2.24) is 10.6 Å². The van der Waals surface area contributed by atoms with Crippen LogP contribution in [0.25, 0.3) is 0 Å². The Morgan fingerprint density at radius 1 is 1.21 bits per heavy atom. The van der Waals surface area contributed by atoms with Gasteiger partial charge in [0.05, 0.1) is 0 Å². The maximum Gasteiger partial charge on any atom is 0.227 e. The molecule has 1 aliphatic rings. The third kappa shape index (κ3) is 6.30. The summed E-state index contributed by atoms with van der Waals surface area (Å²) in [5.41, 5.74) is 2.52. The van der Waals surface area contributed by atoms with Crippen molar-refractivity contribution >= 4 is 53.1 Å². The van der Waals surface area contributed by atoms with E-state index in [0.717, 1.165) is 24.2 Å². The summed E-state index contributed by atoms with van der Waals surface area (Å²) < 4.78 is 13.8. The number of nitrogens with zero attached hydrogens (tertiary/aromatic N) is 2. The van der Waals surface area contributed by atoms with Gasteiger partial charge in [-0.05, 0) is 42.7 Å². The van der Waals surface area contributed by atoms with Crippen LogP contribution in [0.3, 0.4) is 0 Å². The Hall–Kier alpha value is -1.87. The molecule has 0 saturated carbocycles. The van der Waals surface area contributed by atoms with E-state index in [2.05, 4.69) is 15.6 Å². The topological polar surface area (TPSA) is 56.7 Å². The lowest BCUT2D eigenvalue weighted by atomic mass is 10.1. The number of hydrogen-bond donors (Lipinski definition) is 2. The van der Waals surface area contributed by atoms with Gasteiger partial charge in [0.1, 0.15) is 5.82 Å². The van der Waals surface area contributed by atoms with E-state index >= 15 is 0 Å². The van der Waals surface area contributed by atoms with Gasteiger partial charge >= 0.3 is 0 Å². The second-order valence-corrected chi connectivity index (χ2v) is 7.03. The molecule has 1 saturated heterocycles. The number of aliphatic imine (C=N–C) groups is 1. The van der Waals surface area contributed by atoms with Crippen LogP contribution in [-0.2, 0) is 17.8 Å². The van der Waals surface area contributed by atoms with E-state index in [9.17, 15) is 9.18 Å². The summed E-state index contributed by atoms with van der Waals surface area (Å²) in [5.74, 6) is 0.519. The van der Waals surface area contributed by atoms with Gasteiger partial charge in [0.25, 0.3) is 0 Å². The van der Waals surface area contributed by atoms with Crippen molar-refractivity contribution in [2.45, 2.75) is 25.8 Å². The molecule has 1 heterocycles. The van der Waals surface area contributed by atoms with Gasteiger partial charge in [0.2, 0.25) is 5.91 Å². The first kappa shape index (κ1) is 23.4. The monoisotopic (exact) mass is 530 g/mol. The van der Waals surface area contributed by atoms with Crippen molar-refractivity contribution in [3.8, 4) is 0 Å². The van der Waals surface area contributed by atoms with Crippen molar-refractivity contribution in [2.24, 2.45) is 4.99 Å². The van der Waals surface area contributed by atoms with Crippen LogP contribution in [-0.4, -0.2) is 32.0 Å². The maximum absolute atomic E-state index is 13.8. The SMILES string of the molecule is CN=C(NCCc1c(F)cccc1Cl)NCc1ccc(N2CCCC2=O)cc1.I. The quantitative estimate of drug-likeness (QED) is 0.335. The van der Waals surface area contributed by atoms with E-state index in [0.29, 0.717) is 42.5 Å². The van der Waals surface area contributed by atoms with Crippen LogP contribution in [0.1, 0.15) is 24.0 Å². The normalized spacial score (nSPS) is 14.0. The van der Waals surface area contributed by atoms with Crippen LogP contribution in [0.4, 0.5) is 10.1 Å². The third-order valence-electron chi connectivity index (χ3n) is 4.73. The number of amides is 1. The minimum atomic E-state index is -0.297. The van der Waals surface area contributed by atoms with Crippen LogP contribution < -0.4 is 15.5 Å². The zero-order valence-corrected chi connectivity index (χ0v) is 19.3. The van der Waals surface area contributed by atoms with Gasteiger partial charge < -0.3 is 15.5 Å². The summed E-state index contributed by atoms with van der Waals surface area (Å²) in [5, 5.41) is 6.83. The first-order chi connectivity index (χ1) is 13.6. The predicted molar refractivity (Wildman–Crippen MR) is 127 cm³/mol. The average molecular weight is 531 g/mol. The maximum atomic E-state index is 13.8. The van der Waals surface area contributed by atoms with Gasteiger partial charge in [-0.25, -0.2) is 4.39 Å². The minimum Gasteiger partial charge on any atom is -0.356 e. The molecule has 0 unspecified atom stereocenters. The Kier molecular flexibility index (Phi) is 9.16. The van der Waals surface area contributed by atoms with E-state index in [4.69, 9.17) is 11.6 Å². The van der Waals surface area contributed by atoms with Crippen molar-refractivity contribution in [3.05, 3.63) is 64.4 Å². The molecule has 0 bridgehead atoms. The lowest BCUT2D eigenvalue weighted by Crippen LogP contribution is -2.38. The molecule has 1 amide bonds. The summed E-state index contributed by atoms with van der Waals surface area (Å²) in [6.45, 7) is 1.89. The second-order valence-electron chi connectivity index (χ2n) is 6.62. The highest BCUT2D eigenvalue weighted by atomic mass is 127. The Balaban J connectivity index is 0.00000300. The molecule has 1 fully saturated rings. The van der Waals surface area contributed by atoms with Gasteiger partial charge in [-0.3, -0.25) is 9.79 Å². The van der Waals surface area contributed by atoms with Gasteiger partial charge in [-0.2, -0.15) is 0 Å². The molecule has 0 radical (unpaired) electrons. The highest BCUT2D eigenvalue weighted by Gasteiger charge is 2.21. The molecule has 0 spiro atoms. The van der Waals surface area contributed by atoms with Gasteiger partial charge in [-0.15, -0.1) is 24.0 Å². The minimum absolute atomic E-state index is 0. The molecule has 5 nitrogen and oxygen atoms in total. The number of hydrogen-bond acceptors (Lipinski definition) is 2. The van der Waals surface area contributed by atoms with E-state index in [1.54, 1.807) is 19.2 Å². The Bertz CT molecular complexity index is 840. The fourth-order valence-electron chi connectivity index (χ4n) is 3.20. The summed E-state index contributed by atoms with van der Waals surface area (Å²) in [4.78, 5) is 17.8. The second kappa shape index (κ2) is 11.3. The van der Waals surface area contributed by atoms with Crippen molar-refractivity contribution in [3.63, 3.8) is 0 Å². The third-order valence-corrected chi connectivity index (χ3v) is 5.09. The highest BCUT2D eigenvalue weighted by Crippen LogP contribution is 2.21. The molecular weight excluding hydrogens is 506 g/mol. The van der Waals surface area contributed by atoms with Crippen LogP contribution >= 0.6 is 35.6 Å². The van der Waals surface area contributed by atoms with Gasteiger partial charge in [0, 0.05) is 49.4 Å². The van der Waals surface area contributed by atoms with E-state index in [1.807, 2.05) is 29.2 Å². The lowest BCUT2D eigenvalue weighted by molar-refractivity contribution is -0.117. The number of nitrogens with one attached hydrogen (secondary N) is 2. The molecule has 0 atom stereocenters. The number of carbonyl (C=O) groups is 1. The molecule has 2 aromatic rings. The van der Waals surface area contributed by atoms with Gasteiger partial charge in [-0.1, -0.05) is 29.8 Å². The Labute approximate surface area is 192 Å².